The summed E-state index contributed by atoms with van der Waals surface area (Å²) in [5.41, 5.74) is 0.273. The normalized spacial score (nSPS) is 30.6. The molecule has 0 spiro atoms. The van der Waals surface area contributed by atoms with Crippen LogP contribution in [0, 0.1) is 22.7 Å². The number of carbonyl (C=O) groups excluding carboxylic acids is 1. The van der Waals surface area contributed by atoms with Crippen LogP contribution in [-0.4, -0.2) is 12.1 Å². The van der Waals surface area contributed by atoms with Crippen molar-refractivity contribution in [3.8, 4) is 0 Å². The predicted molar refractivity (Wildman–Crippen MR) is 70.7 cm³/mol. The molecule has 0 aromatic carbocycles. The van der Waals surface area contributed by atoms with E-state index in [0.29, 0.717) is 18.3 Å². The highest BCUT2D eigenvalue weighted by molar-refractivity contribution is 5.69. The van der Waals surface area contributed by atoms with Gasteiger partial charge in [-0.05, 0) is 23.7 Å². The Kier molecular flexibility index (Phi) is 3.95. The summed E-state index contributed by atoms with van der Waals surface area (Å²) in [7, 11) is 0. The van der Waals surface area contributed by atoms with Gasteiger partial charge in [-0.1, -0.05) is 48.5 Å². The smallest absolute Gasteiger partial charge is 0.306 e. The van der Waals surface area contributed by atoms with E-state index in [1.54, 1.807) is 0 Å². The molecule has 100 valence electrons. The molecule has 0 amide bonds. The molecule has 2 heteroatoms. The van der Waals surface area contributed by atoms with Crippen molar-refractivity contribution in [1.29, 1.82) is 0 Å². The maximum Gasteiger partial charge on any atom is 0.306 e. The Morgan fingerprint density at radius 3 is 2.12 bits per heavy atom. The first-order valence-corrected chi connectivity index (χ1v) is 6.78. The molecule has 1 aliphatic rings. The maximum absolute atomic E-state index is 11.8. The number of hydrogen-bond acceptors (Lipinski definition) is 2. The van der Waals surface area contributed by atoms with Crippen molar-refractivity contribution >= 4 is 5.97 Å². The third-order valence-electron chi connectivity index (χ3n) is 5.11. The molecular weight excluding hydrogens is 212 g/mol. The van der Waals surface area contributed by atoms with E-state index in [2.05, 4.69) is 34.6 Å². The Bertz CT molecular complexity index is 289. The molecule has 1 fully saturated rings. The molecular formula is C15H28O2. The first kappa shape index (κ1) is 14.5. The molecule has 0 unspecified atom stereocenters. The molecule has 2 atom stereocenters. The number of hydrogen-bond donors (Lipinski definition) is 0. The fourth-order valence-electron chi connectivity index (χ4n) is 2.70. The van der Waals surface area contributed by atoms with E-state index in [-0.39, 0.29) is 22.9 Å². The van der Waals surface area contributed by atoms with Gasteiger partial charge in [-0.25, -0.2) is 0 Å². The van der Waals surface area contributed by atoms with Gasteiger partial charge in [0.1, 0.15) is 6.10 Å². The Balaban J connectivity index is 2.71. The van der Waals surface area contributed by atoms with Crippen LogP contribution in [0.3, 0.4) is 0 Å². The minimum Gasteiger partial charge on any atom is -0.462 e. The van der Waals surface area contributed by atoms with Gasteiger partial charge in [-0.3, -0.25) is 4.79 Å². The van der Waals surface area contributed by atoms with Gasteiger partial charge < -0.3 is 4.74 Å². The number of esters is 1. The van der Waals surface area contributed by atoms with Gasteiger partial charge in [-0.15, -0.1) is 0 Å². The highest BCUT2D eigenvalue weighted by Gasteiger charge is 2.54. The highest BCUT2D eigenvalue weighted by atomic mass is 16.5. The topological polar surface area (TPSA) is 26.3 Å². The summed E-state index contributed by atoms with van der Waals surface area (Å²) in [6.45, 7) is 15.4. The minimum atomic E-state index is -0.0389. The lowest BCUT2D eigenvalue weighted by Gasteiger charge is -2.40. The summed E-state index contributed by atoms with van der Waals surface area (Å²) in [5.74, 6) is 0.926. The second kappa shape index (κ2) is 4.62. The maximum atomic E-state index is 11.8. The summed E-state index contributed by atoms with van der Waals surface area (Å²) in [6.07, 6.45) is 1.59. The van der Waals surface area contributed by atoms with Crippen LogP contribution in [0.4, 0.5) is 0 Å². The average molecular weight is 240 g/mol. The highest BCUT2D eigenvalue weighted by Crippen LogP contribution is 2.56. The van der Waals surface area contributed by atoms with E-state index in [1.165, 1.54) is 0 Å². The van der Waals surface area contributed by atoms with Crippen LogP contribution in [0.15, 0.2) is 0 Å². The zero-order valence-electron chi connectivity index (χ0n) is 12.5. The standard InChI is InChI=1S/C15H28O2/c1-10(2)8-13(16)17-12-9-11(3)14(4,5)15(12,6)7/h10-12H,8-9H2,1-7H3/t11-,12+/m0/s1. The molecule has 0 saturated heterocycles. The molecule has 0 aromatic rings. The van der Waals surface area contributed by atoms with Crippen molar-refractivity contribution in [3.05, 3.63) is 0 Å². The predicted octanol–water partition coefficient (Wildman–Crippen LogP) is 4.04. The molecule has 0 aromatic heterocycles. The third-order valence-corrected chi connectivity index (χ3v) is 5.11. The van der Waals surface area contributed by atoms with E-state index >= 15 is 0 Å². The zero-order chi connectivity index (χ0) is 13.4. The Hall–Kier alpha value is -0.530. The molecule has 1 aliphatic carbocycles. The SMILES string of the molecule is CC(C)CC(=O)O[C@@H]1C[C@H](C)C(C)(C)C1(C)C. The van der Waals surface area contributed by atoms with Gasteiger partial charge in [0.05, 0.1) is 0 Å². The Morgan fingerprint density at radius 1 is 1.24 bits per heavy atom. The first-order valence-electron chi connectivity index (χ1n) is 6.78. The van der Waals surface area contributed by atoms with Crippen molar-refractivity contribution in [1.82, 2.24) is 0 Å². The van der Waals surface area contributed by atoms with Crippen molar-refractivity contribution in [2.45, 2.75) is 67.4 Å². The molecule has 1 saturated carbocycles. The summed E-state index contributed by atoms with van der Waals surface area (Å²) >= 11 is 0. The van der Waals surface area contributed by atoms with Crippen molar-refractivity contribution in [2.24, 2.45) is 22.7 Å². The van der Waals surface area contributed by atoms with Crippen LogP contribution in [0.25, 0.3) is 0 Å². The van der Waals surface area contributed by atoms with E-state index < -0.39 is 0 Å². The quantitative estimate of drug-likeness (QED) is 0.696. The second-order valence-corrected chi connectivity index (χ2v) is 7.16. The minimum absolute atomic E-state index is 0.0389. The zero-order valence-corrected chi connectivity index (χ0v) is 12.5. The fourth-order valence-corrected chi connectivity index (χ4v) is 2.70. The molecule has 0 N–H and O–H groups in total. The van der Waals surface area contributed by atoms with E-state index in [0.717, 1.165) is 6.42 Å². The van der Waals surface area contributed by atoms with Crippen LogP contribution >= 0.6 is 0 Å². The van der Waals surface area contributed by atoms with E-state index in [1.807, 2.05) is 13.8 Å². The van der Waals surface area contributed by atoms with Gasteiger partial charge >= 0.3 is 5.97 Å². The number of ether oxygens (including phenoxy) is 1. The molecule has 0 aliphatic heterocycles. The Labute approximate surface area is 106 Å². The largest absolute Gasteiger partial charge is 0.462 e. The van der Waals surface area contributed by atoms with E-state index in [4.69, 9.17) is 4.74 Å². The molecule has 0 bridgehead atoms. The Morgan fingerprint density at radius 2 is 1.76 bits per heavy atom. The fraction of sp³-hybridized carbons (Fsp3) is 0.933. The first-order chi connectivity index (χ1) is 7.59. The number of carbonyl (C=O) groups is 1. The van der Waals surface area contributed by atoms with Crippen LogP contribution in [0.5, 0.6) is 0 Å². The van der Waals surface area contributed by atoms with Crippen LogP contribution < -0.4 is 0 Å². The summed E-state index contributed by atoms with van der Waals surface area (Å²) in [4.78, 5) is 11.8. The third kappa shape index (κ3) is 2.66. The summed E-state index contributed by atoms with van der Waals surface area (Å²) in [6, 6.07) is 0. The lowest BCUT2D eigenvalue weighted by Crippen LogP contribution is -2.38. The van der Waals surface area contributed by atoms with Crippen molar-refractivity contribution < 1.29 is 9.53 Å². The molecule has 1 rings (SSSR count). The van der Waals surface area contributed by atoms with Crippen LogP contribution in [-0.2, 0) is 9.53 Å². The second-order valence-electron chi connectivity index (χ2n) is 7.16. The van der Waals surface area contributed by atoms with Crippen molar-refractivity contribution in [2.75, 3.05) is 0 Å². The van der Waals surface area contributed by atoms with Gasteiger partial charge in [0.15, 0.2) is 0 Å². The van der Waals surface area contributed by atoms with Gasteiger partial charge in [0.2, 0.25) is 0 Å². The molecule has 17 heavy (non-hydrogen) atoms. The van der Waals surface area contributed by atoms with Crippen LogP contribution in [0.1, 0.15) is 61.3 Å². The van der Waals surface area contributed by atoms with Crippen molar-refractivity contribution in [3.63, 3.8) is 0 Å². The summed E-state index contributed by atoms with van der Waals surface area (Å²) in [5, 5.41) is 0. The number of rotatable bonds is 3. The van der Waals surface area contributed by atoms with Gasteiger partial charge in [0, 0.05) is 11.8 Å². The lowest BCUT2D eigenvalue weighted by molar-refractivity contribution is -0.156. The van der Waals surface area contributed by atoms with Gasteiger partial charge in [-0.2, -0.15) is 0 Å². The van der Waals surface area contributed by atoms with Gasteiger partial charge in [0.25, 0.3) is 0 Å². The van der Waals surface area contributed by atoms with E-state index in [9.17, 15) is 4.79 Å². The van der Waals surface area contributed by atoms with Crippen LogP contribution in [0.2, 0.25) is 0 Å². The lowest BCUT2D eigenvalue weighted by atomic mass is 9.67. The molecule has 2 nitrogen and oxygen atoms in total. The molecule has 0 heterocycles. The molecule has 0 radical (unpaired) electrons. The summed E-state index contributed by atoms with van der Waals surface area (Å²) < 4.78 is 5.70. The average Bonchev–Trinajstić information content (AvgIpc) is 2.26. The monoisotopic (exact) mass is 240 g/mol.